The standard InChI is InChI=1S/C9H21NO3S/c1-3-10-6-4-8-14(11,12)9-5-7-13-2/h10H,3-9H2,1-2H3. The van der Waals surface area contributed by atoms with Crippen molar-refractivity contribution in [3.05, 3.63) is 0 Å². The van der Waals surface area contributed by atoms with E-state index in [9.17, 15) is 8.42 Å². The molecule has 0 rings (SSSR count). The van der Waals surface area contributed by atoms with Gasteiger partial charge in [-0.3, -0.25) is 0 Å². The minimum atomic E-state index is -2.85. The smallest absolute Gasteiger partial charge is 0.150 e. The Morgan fingerprint density at radius 1 is 1.21 bits per heavy atom. The number of nitrogens with one attached hydrogen (secondary N) is 1. The molecule has 0 aromatic carbocycles. The van der Waals surface area contributed by atoms with Crippen LogP contribution in [0.25, 0.3) is 0 Å². The first-order valence-electron chi connectivity index (χ1n) is 5.02. The van der Waals surface area contributed by atoms with Crippen molar-refractivity contribution in [2.24, 2.45) is 0 Å². The van der Waals surface area contributed by atoms with Gasteiger partial charge in [0.1, 0.15) is 9.84 Å². The third kappa shape index (κ3) is 8.47. The molecule has 14 heavy (non-hydrogen) atoms. The molecule has 0 unspecified atom stereocenters. The molecule has 0 aliphatic carbocycles. The highest BCUT2D eigenvalue weighted by Gasteiger charge is 2.09. The Hall–Kier alpha value is -0.130. The molecular formula is C9H21NO3S. The summed E-state index contributed by atoms with van der Waals surface area (Å²) in [6.45, 7) is 4.20. The molecule has 0 aromatic heterocycles. The van der Waals surface area contributed by atoms with Gasteiger partial charge in [0.05, 0.1) is 11.5 Å². The predicted molar refractivity (Wildman–Crippen MR) is 58.3 cm³/mol. The number of hydrogen-bond donors (Lipinski definition) is 1. The SMILES string of the molecule is CCNCCCS(=O)(=O)CCCOC. The zero-order valence-corrected chi connectivity index (χ0v) is 9.90. The average molecular weight is 223 g/mol. The lowest BCUT2D eigenvalue weighted by atomic mass is 10.5. The number of methoxy groups -OCH3 is 1. The Morgan fingerprint density at radius 3 is 2.43 bits per heavy atom. The Kier molecular flexibility index (Phi) is 8.12. The Bertz CT molecular complexity index is 214. The van der Waals surface area contributed by atoms with Crippen LogP contribution in [0.4, 0.5) is 0 Å². The second-order valence-corrected chi connectivity index (χ2v) is 5.51. The van der Waals surface area contributed by atoms with Crippen molar-refractivity contribution >= 4 is 9.84 Å². The van der Waals surface area contributed by atoms with Gasteiger partial charge in [-0.2, -0.15) is 0 Å². The first-order chi connectivity index (χ1) is 6.62. The molecule has 0 aliphatic heterocycles. The van der Waals surface area contributed by atoms with Gasteiger partial charge in [-0.1, -0.05) is 6.92 Å². The maximum atomic E-state index is 11.4. The fourth-order valence-electron chi connectivity index (χ4n) is 1.12. The lowest BCUT2D eigenvalue weighted by Crippen LogP contribution is -2.19. The summed E-state index contributed by atoms with van der Waals surface area (Å²) in [5.74, 6) is 0.524. The second kappa shape index (κ2) is 8.20. The minimum Gasteiger partial charge on any atom is -0.385 e. The highest BCUT2D eigenvalue weighted by atomic mass is 32.2. The number of ether oxygens (including phenoxy) is 1. The van der Waals surface area contributed by atoms with Crippen LogP contribution >= 0.6 is 0 Å². The van der Waals surface area contributed by atoms with Crippen molar-refractivity contribution in [2.75, 3.05) is 38.3 Å². The number of hydrogen-bond acceptors (Lipinski definition) is 4. The summed E-state index contributed by atoms with van der Waals surface area (Å²) in [4.78, 5) is 0. The molecular weight excluding hydrogens is 202 g/mol. The van der Waals surface area contributed by atoms with Crippen LogP contribution in [0.5, 0.6) is 0 Å². The van der Waals surface area contributed by atoms with E-state index in [2.05, 4.69) is 5.32 Å². The number of rotatable bonds is 9. The fraction of sp³-hybridized carbons (Fsp3) is 1.00. The van der Waals surface area contributed by atoms with E-state index in [-0.39, 0.29) is 11.5 Å². The van der Waals surface area contributed by atoms with E-state index < -0.39 is 9.84 Å². The Labute approximate surface area is 86.9 Å². The summed E-state index contributed by atoms with van der Waals surface area (Å²) in [5, 5.41) is 3.10. The van der Waals surface area contributed by atoms with E-state index in [4.69, 9.17) is 4.74 Å². The highest BCUT2D eigenvalue weighted by molar-refractivity contribution is 7.91. The molecule has 0 spiro atoms. The van der Waals surface area contributed by atoms with Gasteiger partial charge in [-0.15, -0.1) is 0 Å². The lowest BCUT2D eigenvalue weighted by molar-refractivity contribution is 0.199. The third-order valence-electron chi connectivity index (χ3n) is 1.86. The molecule has 1 N–H and O–H groups in total. The quantitative estimate of drug-likeness (QED) is 0.576. The van der Waals surface area contributed by atoms with E-state index in [1.165, 1.54) is 0 Å². The zero-order chi connectivity index (χ0) is 10.9. The van der Waals surface area contributed by atoms with Crippen molar-refractivity contribution in [1.82, 2.24) is 5.32 Å². The molecule has 86 valence electrons. The summed E-state index contributed by atoms with van der Waals surface area (Å²) in [6.07, 6.45) is 1.29. The lowest BCUT2D eigenvalue weighted by Gasteiger charge is -2.04. The first kappa shape index (κ1) is 13.9. The molecule has 0 fully saturated rings. The zero-order valence-electron chi connectivity index (χ0n) is 9.08. The fourth-order valence-corrected chi connectivity index (χ4v) is 2.47. The average Bonchev–Trinajstić information content (AvgIpc) is 2.13. The predicted octanol–water partition coefficient (Wildman–Crippen LogP) is 0.437. The van der Waals surface area contributed by atoms with Crippen molar-refractivity contribution in [1.29, 1.82) is 0 Å². The van der Waals surface area contributed by atoms with E-state index in [0.29, 0.717) is 19.4 Å². The van der Waals surface area contributed by atoms with Crippen LogP contribution in [0, 0.1) is 0 Å². The summed E-state index contributed by atoms with van der Waals surface area (Å²) in [5.41, 5.74) is 0. The molecule has 0 bridgehead atoms. The normalized spacial score (nSPS) is 11.9. The summed E-state index contributed by atoms with van der Waals surface area (Å²) >= 11 is 0. The van der Waals surface area contributed by atoms with Crippen LogP contribution in [-0.4, -0.2) is 46.7 Å². The van der Waals surface area contributed by atoms with Gasteiger partial charge in [-0.05, 0) is 25.9 Å². The van der Waals surface area contributed by atoms with Gasteiger partial charge < -0.3 is 10.1 Å². The van der Waals surface area contributed by atoms with Crippen LogP contribution in [-0.2, 0) is 14.6 Å². The van der Waals surface area contributed by atoms with Crippen molar-refractivity contribution in [3.63, 3.8) is 0 Å². The van der Waals surface area contributed by atoms with Gasteiger partial charge in [0.15, 0.2) is 0 Å². The van der Waals surface area contributed by atoms with E-state index in [0.717, 1.165) is 13.1 Å². The first-order valence-corrected chi connectivity index (χ1v) is 6.84. The van der Waals surface area contributed by atoms with Crippen molar-refractivity contribution in [2.45, 2.75) is 19.8 Å². The topological polar surface area (TPSA) is 55.4 Å². The third-order valence-corrected chi connectivity index (χ3v) is 3.68. The van der Waals surface area contributed by atoms with Crippen LogP contribution in [0.15, 0.2) is 0 Å². The summed E-state index contributed by atoms with van der Waals surface area (Å²) in [7, 11) is -1.27. The van der Waals surface area contributed by atoms with Gasteiger partial charge in [0, 0.05) is 13.7 Å². The van der Waals surface area contributed by atoms with Crippen LogP contribution in [0.1, 0.15) is 19.8 Å². The molecule has 0 aromatic rings. The highest BCUT2D eigenvalue weighted by Crippen LogP contribution is 1.96. The second-order valence-electron chi connectivity index (χ2n) is 3.21. The van der Waals surface area contributed by atoms with E-state index in [1.54, 1.807) is 7.11 Å². The van der Waals surface area contributed by atoms with Crippen LogP contribution in [0.3, 0.4) is 0 Å². The molecule has 0 atom stereocenters. The molecule has 0 amide bonds. The van der Waals surface area contributed by atoms with Gasteiger partial charge in [0.25, 0.3) is 0 Å². The summed E-state index contributed by atoms with van der Waals surface area (Å²) in [6, 6.07) is 0. The number of sulfone groups is 1. The van der Waals surface area contributed by atoms with E-state index >= 15 is 0 Å². The molecule has 0 saturated carbocycles. The molecule has 0 radical (unpaired) electrons. The maximum absolute atomic E-state index is 11.4. The molecule has 0 aliphatic rings. The molecule has 0 heterocycles. The van der Waals surface area contributed by atoms with Gasteiger partial charge in [-0.25, -0.2) is 8.42 Å². The molecule has 0 saturated heterocycles. The monoisotopic (exact) mass is 223 g/mol. The summed E-state index contributed by atoms with van der Waals surface area (Å²) < 4.78 is 27.6. The van der Waals surface area contributed by atoms with E-state index in [1.807, 2.05) is 6.92 Å². The van der Waals surface area contributed by atoms with Crippen LogP contribution < -0.4 is 5.32 Å². The van der Waals surface area contributed by atoms with Gasteiger partial charge >= 0.3 is 0 Å². The molecule has 4 nitrogen and oxygen atoms in total. The van der Waals surface area contributed by atoms with Gasteiger partial charge in [0.2, 0.25) is 0 Å². The minimum absolute atomic E-state index is 0.243. The van der Waals surface area contributed by atoms with Crippen molar-refractivity contribution < 1.29 is 13.2 Å². The molecule has 5 heteroatoms. The Balaban J connectivity index is 3.52. The van der Waals surface area contributed by atoms with Crippen LogP contribution in [0.2, 0.25) is 0 Å². The van der Waals surface area contributed by atoms with Crippen molar-refractivity contribution in [3.8, 4) is 0 Å². The maximum Gasteiger partial charge on any atom is 0.150 e. The largest absolute Gasteiger partial charge is 0.385 e. The Morgan fingerprint density at radius 2 is 1.86 bits per heavy atom.